The van der Waals surface area contributed by atoms with E-state index in [-0.39, 0.29) is 16.6 Å². The SMILES string of the molecule is O=C(c1ccc(CS(=O)(=O)c2cccc3cccnc23)cc1)N1CCN(Cc2ccccn2)CC1. The van der Waals surface area contributed by atoms with Gasteiger partial charge in [-0.15, -0.1) is 0 Å². The molecule has 1 amide bonds. The molecule has 1 fully saturated rings. The number of hydrogen-bond donors (Lipinski definition) is 0. The average molecular weight is 487 g/mol. The number of rotatable bonds is 6. The molecule has 0 saturated carbocycles. The molecular weight excluding hydrogens is 460 g/mol. The first-order valence-electron chi connectivity index (χ1n) is 11.6. The van der Waals surface area contributed by atoms with Crippen LogP contribution in [-0.2, 0) is 22.1 Å². The predicted molar refractivity (Wildman–Crippen MR) is 134 cm³/mol. The molecule has 35 heavy (non-hydrogen) atoms. The summed E-state index contributed by atoms with van der Waals surface area (Å²) >= 11 is 0. The minimum absolute atomic E-state index is 0.0323. The molecule has 0 N–H and O–H groups in total. The zero-order valence-electron chi connectivity index (χ0n) is 19.2. The highest BCUT2D eigenvalue weighted by atomic mass is 32.2. The van der Waals surface area contributed by atoms with E-state index in [4.69, 9.17) is 0 Å². The van der Waals surface area contributed by atoms with Gasteiger partial charge in [0.25, 0.3) is 5.91 Å². The second kappa shape index (κ2) is 9.93. The van der Waals surface area contributed by atoms with Crippen LogP contribution in [0.1, 0.15) is 21.6 Å². The van der Waals surface area contributed by atoms with Gasteiger partial charge in [-0.25, -0.2) is 8.42 Å². The Bertz CT molecular complexity index is 1430. The van der Waals surface area contributed by atoms with Crippen molar-refractivity contribution in [1.82, 2.24) is 19.8 Å². The molecule has 0 bridgehead atoms. The van der Waals surface area contributed by atoms with E-state index < -0.39 is 9.84 Å². The van der Waals surface area contributed by atoms with Crippen LogP contribution in [0.3, 0.4) is 0 Å². The Morgan fingerprint density at radius 3 is 2.29 bits per heavy atom. The number of piperazine rings is 1. The summed E-state index contributed by atoms with van der Waals surface area (Å²) in [7, 11) is -3.59. The van der Waals surface area contributed by atoms with E-state index in [1.807, 2.05) is 35.2 Å². The maximum absolute atomic E-state index is 13.1. The number of benzene rings is 2. The van der Waals surface area contributed by atoms with E-state index in [0.717, 1.165) is 30.7 Å². The molecule has 0 unspecified atom stereocenters. The van der Waals surface area contributed by atoms with Crippen molar-refractivity contribution in [3.8, 4) is 0 Å². The molecular formula is C27H26N4O3S. The van der Waals surface area contributed by atoms with Crippen LogP contribution in [0.15, 0.2) is 90.1 Å². The number of aromatic nitrogens is 2. The molecule has 8 heteroatoms. The Kier molecular flexibility index (Phi) is 6.57. The molecule has 5 rings (SSSR count). The molecule has 2 aromatic heterocycles. The van der Waals surface area contributed by atoms with Gasteiger partial charge in [-0.05, 0) is 42.0 Å². The van der Waals surface area contributed by atoms with Gasteiger partial charge in [0.1, 0.15) is 0 Å². The first-order valence-corrected chi connectivity index (χ1v) is 13.2. The van der Waals surface area contributed by atoms with Gasteiger partial charge in [-0.3, -0.25) is 19.7 Å². The zero-order valence-corrected chi connectivity index (χ0v) is 20.1. The van der Waals surface area contributed by atoms with Crippen LogP contribution < -0.4 is 0 Å². The number of pyridine rings is 2. The summed E-state index contributed by atoms with van der Waals surface area (Å²) in [6.07, 6.45) is 3.39. The smallest absolute Gasteiger partial charge is 0.253 e. The summed E-state index contributed by atoms with van der Waals surface area (Å²) in [6, 6.07) is 21.6. The lowest BCUT2D eigenvalue weighted by atomic mass is 10.1. The van der Waals surface area contributed by atoms with Crippen LogP contribution in [0.25, 0.3) is 10.9 Å². The molecule has 0 radical (unpaired) electrons. The van der Waals surface area contributed by atoms with Gasteiger partial charge in [0, 0.05) is 56.1 Å². The first-order chi connectivity index (χ1) is 17.0. The summed E-state index contributed by atoms with van der Waals surface area (Å²) in [5.41, 5.74) is 2.70. The lowest BCUT2D eigenvalue weighted by Gasteiger charge is -2.34. The maximum atomic E-state index is 13.1. The van der Waals surface area contributed by atoms with Crippen molar-refractivity contribution in [2.24, 2.45) is 0 Å². The molecule has 178 valence electrons. The normalized spacial score (nSPS) is 14.8. The van der Waals surface area contributed by atoms with Gasteiger partial charge in [0.05, 0.1) is 21.9 Å². The fourth-order valence-electron chi connectivity index (χ4n) is 4.38. The van der Waals surface area contributed by atoms with Gasteiger partial charge in [0.2, 0.25) is 0 Å². The van der Waals surface area contributed by atoms with E-state index in [0.29, 0.717) is 29.7 Å². The van der Waals surface area contributed by atoms with Gasteiger partial charge in [-0.1, -0.05) is 36.4 Å². The van der Waals surface area contributed by atoms with Crippen LogP contribution in [0.2, 0.25) is 0 Å². The molecule has 1 aliphatic heterocycles. The Balaban J connectivity index is 1.22. The molecule has 7 nitrogen and oxygen atoms in total. The number of hydrogen-bond acceptors (Lipinski definition) is 6. The zero-order chi connectivity index (χ0) is 24.3. The minimum atomic E-state index is -3.59. The molecule has 4 aromatic rings. The Morgan fingerprint density at radius 1 is 0.800 bits per heavy atom. The third-order valence-corrected chi connectivity index (χ3v) is 7.97. The van der Waals surface area contributed by atoms with Crippen LogP contribution >= 0.6 is 0 Å². The van der Waals surface area contributed by atoms with Gasteiger partial charge < -0.3 is 4.90 Å². The number of carbonyl (C=O) groups is 1. The van der Waals surface area contributed by atoms with E-state index in [1.54, 1.807) is 54.9 Å². The number of para-hydroxylation sites is 1. The largest absolute Gasteiger partial charge is 0.336 e. The third-order valence-electron chi connectivity index (χ3n) is 6.26. The lowest BCUT2D eigenvalue weighted by Crippen LogP contribution is -2.48. The number of carbonyl (C=O) groups excluding carboxylic acids is 1. The van der Waals surface area contributed by atoms with Crippen molar-refractivity contribution in [3.63, 3.8) is 0 Å². The van der Waals surface area contributed by atoms with Crippen LogP contribution in [0.4, 0.5) is 0 Å². The molecule has 2 aromatic carbocycles. The minimum Gasteiger partial charge on any atom is -0.336 e. The van der Waals surface area contributed by atoms with E-state index in [2.05, 4.69) is 14.9 Å². The number of nitrogens with zero attached hydrogens (tertiary/aromatic N) is 4. The molecule has 0 atom stereocenters. The monoisotopic (exact) mass is 486 g/mol. The fraction of sp³-hybridized carbons (Fsp3) is 0.222. The van der Waals surface area contributed by atoms with Crippen molar-refractivity contribution in [1.29, 1.82) is 0 Å². The number of fused-ring (bicyclic) bond motifs is 1. The van der Waals surface area contributed by atoms with Gasteiger partial charge in [-0.2, -0.15) is 0 Å². The lowest BCUT2D eigenvalue weighted by molar-refractivity contribution is 0.0627. The Morgan fingerprint density at radius 2 is 1.54 bits per heavy atom. The maximum Gasteiger partial charge on any atom is 0.253 e. The average Bonchev–Trinajstić information content (AvgIpc) is 2.89. The predicted octanol–water partition coefficient (Wildman–Crippen LogP) is 3.56. The van der Waals surface area contributed by atoms with Gasteiger partial charge in [0.15, 0.2) is 9.84 Å². The van der Waals surface area contributed by atoms with Crippen LogP contribution in [0.5, 0.6) is 0 Å². The molecule has 0 spiro atoms. The van der Waals surface area contributed by atoms with Crippen molar-refractivity contribution >= 4 is 26.6 Å². The highest BCUT2D eigenvalue weighted by Gasteiger charge is 2.23. The molecule has 0 aliphatic carbocycles. The Labute approximate surface area is 205 Å². The number of sulfone groups is 1. The van der Waals surface area contributed by atoms with Crippen molar-refractivity contribution in [2.75, 3.05) is 26.2 Å². The Hall–Kier alpha value is -3.62. The van der Waals surface area contributed by atoms with Crippen molar-refractivity contribution in [3.05, 3.63) is 102 Å². The van der Waals surface area contributed by atoms with Gasteiger partial charge >= 0.3 is 0 Å². The van der Waals surface area contributed by atoms with Crippen molar-refractivity contribution < 1.29 is 13.2 Å². The quantitative estimate of drug-likeness (QED) is 0.414. The molecule has 1 aliphatic rings. The summed E-state index contributed by atoms with van der Waals surface area (Å²) in [6.45, 7) is 3.65. The van der Waals surface area contributed by atoms with Crippen molar-refractivity contribution in [2.45, 2.75) is 17.2 Å². The topological polar surface area (TPSA) is 83.5 Å². The van der Waals surface area contributed by atoms with E-state index in [9.17, 15) is 13.2 Å². The summed E-state index contributed by atoms with van der Waals surface area (Å²) in [5, 5.41) is 0.787. The summed E-state index contributed by atoms with van der Waals surface area (Å²) in [4.78, 5) is 26.0. The van der Waals surface area contributed by atoms with Crippen LogP contribution in [0, 0.1) is 0 Å². The highest BCUT2D eigenvalue weighted by Crippen LogP contribution is 2.24. The highest BCUT2D eigenvalue weighted by molar-refractivity contribution is 7.90. The second-order valence-electron chi connectivity index (χ2n) is 8.68. The van der Waals surface area contributed by atoms with E-state index >= 15 is 0 Å². The first kappa shape index (κ1) is 23.1. The standard InChI is InChI=1S/C27H26N4O3S/c32-27(31-17-15-30(16-18-31)19-24-7-1-2-13-28-24)23-11-9-21(10-12-23)20-35(33,34)25-8-3-5-22-6-4-14-29-26(22)25/h1-14H,15-20H2. The second-order valence-corrected chi connectivity index (χ2v) is 10.6. The third kappa shape index (κ3) is 5.23. The summed E-state index contributed by atoms with van der Waals surface area (Å²) in [5.74, 6) is -0.182. The van der Waals surface area contributed by atoms with E-state index in [1.165, 1.54) is 0 Å². The summed E-state index contributed by atoms with van der Waals surface area (Å²) < 4.78 is 26.2. The fourth-order valence-corrected chi connectivity index (χ4v) is 5.92. The number of amides is 1. The van der Waals surface area contributed by atoms with Crippen LogP contribution in [-0.4, -0.2) is 60.3 Å². The molecule has 3 heterocycles. The molecule has 1 saturated heterocycles.